The van der Waals surface area contributed by atoms with E-state index in [4.69, 9.17) is 4.74 Å². The van der Waals surface area contributed by atoms with E-state index in [2.05, 4.69) is 21.3 Å². The van der Waals surface area contributed by atoms with Gasteiger partial charge in [-0.25, -0.2) is 4.79 Å². The monoisotopic (exact) mass is 782 g/mol. The topological polar surface area (TPSA) is 143 Å². The van der Waals surface area contributed by atoms with Crippen LogP contribution in [0.15, 0.2) is 138 Å². The second-order valence-corrected chi connectivity index (χ2v) is 14.9. The predicted octanol–water partition coefficient (Wildman–Crippen LogP) is 9.17. The fourth-order valence-electron chi connectivity index (χ4n) is 5.77. The van der Waals surface area contributed by atoms with Crippen molar-refractivity contribution in [2.24, 2.45) is 0 Å². The molecule has 0 radical (unpaired) electrons. The van der Waals surface area contributed by atoms with Crippen molar-refractivity contribution in [3.05, 3.63) is 160 Å². The Morgan fingerprint density at radius 3 is 2.16 bits per heavy atom. The Kier molecular flexibility index (Phi) is 12.8. The van der Waals surface area contributed by atoms with Crippen molar-refractivity contribution in [2.45, 2.75) is 30.9 Å². The van der Waals surface area contributed by atoms with E-state index in [1.165, 1.54) is 11.8 Å². The highest BCUT2D eigenvalue weighted by atomic mass is 32.2. The zero-order valence-corrected chi connectivity index (χ0v) is 32.4. The molecule has 0 saturated carbocycles. The van der Waals surface area contributed by atoms with Crippen LogP contribution in [0.3, 0.4) is 0 Å². The summed E-state index contributed by atoms with van der Waals surface area (Å²) in [4.78, 5) is 67.9. The van der Waals surface area contributed by atoms with Gasteiger partial charge in [-0.2, -0.15) is 0 Å². The number of nitrogens with one attached hydrogen (secondary N) is 4. The number of carbonyl (C=O) groups is 5. The highest BCUT2D eigenvalue weighted by Gasteiger charge is 2.28. The number of amides is 4. The van der Waals surface area contributed by atoms with Gasteiger partial charge in [0.2, 0.25) is 5.91 Å². The van der Waals surface area contributed by atoms with Gasteiger partial charge in [-0.15, -0.1) is 23.1 Å². The van der Waals surface area contributed by atoms with Gasteiger partial charge in [0.05, 0.1) is 22.3 Å². The minimum atomic E-state index is -0.660. The van der Waals surface area contributed by atoms with E-state index in [1.54, 1.807) is 106 Å². The minimum Gasteiger partial charge on any atom is -0.462 e. The van der Waals surface area contributed by atoms with Gasteiger partial charge in [0, 0.05) is 21.8 Å². The van der Waals surface area contributed by atoms with E-state index >= 15 is 0 Å². The van der Waals surface area contributed by atoms with E-state index in [9.17, 15) is 24.0 Å². The lowest BCUT2D eigenvalue weighted by molar-refractivity contribution is -0.115. The summed E-state index contributed by atoms with van der Waals surface area (Å²) in [6.45, 7) is 5.15. The molecular weight excluding hydrogens is 745 g/mol. The van der Waals surface area contributed by atoms with Gasteiger partial charge in [0.1, 0.15) is 10.7 Å². The number of ether oxygens (including phenoxy) is 1. The lowest BCUT2D eigenvalue weighted by Gasteiger charge is -2.14. The van der Waals surface area contributed by atoms with Gasteiger partial charge in [0.15, 0.2) is 0 Å². The second kappa shape index (κ2) is 18.2. The van der Waals surface area contributed by atoms with Gasteiger partial charge in [-0.3, -0.25) is 19.2 Å². The third kappa shape index (κ3) is 9.59. The molecule has 0 aliphatic heterocycles. The summed E-state index contributed by atoms with van der Waals surface area (Å²) in [6, 6.07) is 38.1. The van der Waals surface area contributed by atoms with Crippen LogP contribution >= 0.6 is 23.1 Å². The summed E-state index contributed by atoms with van der Waals surface area (Å²) in [7, 11) is 0. The molecule has 12 heteroatoms. The van der Waals surface area contributed by atoms with Gasteiger partial charge in [0.25, 0.3) is 17.7 Å². The zero-order valence-electron chi connectivity index (χ0n) is 30.8. The van der Waals surface area contributed by atoms with Crippen molar-refractivity contribution in [3.63, 3.8) is 0 Å². The molecule has 1 atom stereocenters. The Labute approximate surface area is 332 Å². The first-order valence-electron chi connectivity index (χ1n) is 17.7. The molecule has 0 aliphatic carbocycles. The molecular formula is C44H38N4O6S2. The predicted molar refractivity (Wildman–Crippen MR) is 224 cm³/mol. The SMILES string of the molecule is CCOC(=O)c1c(NC(=O)C(C)Sc2cccc(NC(=O)/C(=C\c3cccc4ccccc34)NC(=O)c3ccccc3)c2)sc(C(=O)Nc2ccccc2)c1C. The fraction of sp³-hybridized carbons (Fsp3) is 0.114. The number of esters is 1. The van der Waals surface area contributed by atoms with Gasteiger partial charge in [-0.1, -0.05) is 84.9 Å². The summed E-state index contributed by atoms with van der Waals surface area (Å²) in [5.41, 5.74) is 2.74. The Morgan fingerprint density at radius 1 is 0.750 bits per heavy atom. The van der Waals surface area contributed by atoms with Gasteiger partial charge in [-0.05, 0) is 91.2 Å². The van der Waals surface area contributed by atoms with E-state index < -0.39 is 34.8 Å². The van der Waals surface area contributed by atoms with Crippen LogP contribution in [-0.4, -0.2) is 41.5 Å². The number of hydrogen-bond donors (Lipinski definition) is 4. The number of hydrogen-bond acceptors (Lipinski definition) is 8. The number of benzene rings is 5. The number of rotatable bonds is 13. The molecule has 0 fully saturated rings. The summed E-state index contributed by atoms with van der Waals surface area (Å²) in [5, 5.41) is 12.8. The zero-order chi connectivity index (χ0) is 39.6. The number of fused-ring (bicyclic) bond motifs is 1. The van der Waals surface area contributed by atoms with Crippen molar-refractivity contribution in [1.82, 2.24) is 5.32 Å². The smallest absolute Gasteiger partial charge is 0.341 e. The molecule has 282 valence electrons. The van der Waals surface area contributed by atoms with Crippen LogP contribution in [0.5, 0.6) is 0 Å². The van der Waals surface area contributed by atoms with E-state index in [1.807, 2.05) is 48.5 Å². The average Bonchev–Trinajstić information content (AvgIpc) is 3.53. The molecule has 1 unspecified atom stereocenters. The quantitative estimate of drug-likeness (QED) is 0.0520. The Bertz CT molecular complexity index is 2440. The molecule has 4 N–H and O–H groups in total. The minimum absolute atomic E-state index is 0.0430. The standard InChI is InChI=1S/C44H38N4O6S2/c1-4-54-44(53)37-27(2)38(42(52)45-32-20-9-6-10-21-32)56-43(37)48-39(49)28(3)55-34-23-14-22-33(26-34)46-41(51)36(47-40(50)30-16-7-5-8-17-30)25-31-19-13-18-29-15-11-12-24-35(29)31/h5-26,28H,4H2,1-3H3,(H,45,52)(H,46,51)(H,47,50)(H,48,49)/b36-25+. The number of thioether (sulfide) groups is 1. The lowest BCUT2D eigenvalue weighted by Crippen LogP contribution is -2.30. The maximum absolute atomic E-state index is 13.8. The van der Waals surface area contributed by atoms with Gasteiger partial charge < -0.3 is 26.0 Å². The summed E-state index contributed by atoms with van der Waals surface area (Å²) in [5.74, 6) is -2.45. The molecule has 0 aliphatic rings. The first-order chi connectivity index (χ1) is 27.1. The van der Waals surface area contributed by atoms with Crippen LogP contribution in [0.1, 0.15) is 55.4 Å². The number of carbonyl (C=O) groups excluding carboxylic acids is 5. The van der Waals surface area contributed by atoms with E-state index in [0.29, 0.717) is 27.4 Å². The third-order valence-electron chi connectivity index (χ3n) is 8.53. The summed E-state index contributed by atoms with van der Waals surface area (Å²) in [6.07, 6.45) is 1.65. The Balaban J connectivity index is 1.19. The van der Waals surface area contributed by atoms with Crippen molar-refractivity contribution in [3.8, 4) is 0 Å². The maximum atomic E-state index is 13.8. The second-order valence-electron chi connectivity index (χ2n) is 12.5. The van der Waals surface area contributed by atoms with Crippen molar-refractivity contribution < 1.29 is 28.7 Å². The first kappa shape index (κ1) is 39.2. The van der Waals surface area contributed by atoms with Crippen LogP contribution in [0, 0.1) is 6.92 Å². The number of para-hydroxylation sites is 1. The van der Waals surface area contributed by atoms with Crippen LogP contribution in [0.2, 0.25) is 0 Å². The van der Waals surface area contributed by atoms with Crippen molar-refractivity contribution in [2.75, 3.05) is 22.6 Å². The van der Waals surface area contributed by atoms with Crippen molar-refractivity contribution >= 4 is 85.9 Å². The van der Waals surface area contributed by atoms with Crippen molar-refractivity contribution in [1.29, 1.82) is 0 Å². The average molecular weight is 783 g/mol. The molecule has 6 rings (SSSR count). The Hall–Kier alpha value is -6.50. The lowest BCUT2D eigenvalue weighted by atomic mass is 10.0. The molecule has 0 bridgehead atoms. The molecule has 0 spiro atoms. The molecule has 56 heavy (non-hydrogen) atoms. The molecule has 4 amide bonds. The highest BCUT2D eigenvalue weighted by molar-refractivity contribution is 8.00. The highest BCUT2D eigenvalue weighted by Crippen LogP contribution is 2.36. The van der Waals surface area contributed by atoms with E-state index in [-0.39, 0.29) is 27.7 Å². The summed E-state index contributed by atoms with van der Waals surface area (Å²) < 4.78 is 5.27. The molecule has 6 aromatic rings. The summed E-state index contributed by atoms with van der Waals surface area (Å²) >= 11 is 2.24. The fourth-order valence-corrected chi connectivity index (χ4v) is 7.79. The van der Waals surface area contributed by atoms with E-state index in [0.717, 1.165) is 27.7 Å². The molecule has 1 heterocycles. The van der Waals surface area contributed by atoms with Crippen LogP contribution in [0.4, 0.5) is 16.4 Å². The van der Waals surface area contributed by atoms with Crippen LogP contribution < -0.4 is 21.3 Å². The third-order valence-corrected chi connectivity index (χ3v) is 10.8. The molecule has 5 aromatic carbocycles. The molecule has 0 saturated heterocycles. The number of anilines is 3. The van der Waals surface area contributed by atoms with Crippen LogP contribution in [0.25, 0.3) is 16.8 Å². The van der Waals surface area contributed by atoms with Gasteiger partial charge >= 0.3 is 5.97 Å². The molecule has 1 aromatic heterocycles. The van der Waals surface area contributed by atoms with Crippen LogP contribution in [-0.2, 0) is 14.3 Å². The maximum Gasteiger partial charge on any atom is 0.341 e. The molecule has 10 nitrogen and oxygen atoms in total. The first-order valence-corrected chi connectivity index (χ1v) is 19.4. The normalized spacial score (nSPS) is 11.7. The Morgan fingerprint density at radius 2 is 1.41 bits per heavy atom. The largest absolute Gasteiger partial charge is 0.462 e. The number of thiophene rings is 1.